The van der Waals surface area contributed by atoms with Crippen LogP contribution in [0.3, 0.4) is 0 Å². The maximum absolute atomic E-state index is 13.1. The fraction of sp³-hybridized carbons (Fsp3) is 0.474. The van der Waals surface area contributed by atoms with Gasteiger partial charge in [-0.15, -0.1) is 0 Å². The molecule has 0 radical (unpaired) electrons. The molecule has 4 N–H and O–H groups in total. The fourth-order valence-corrected chi connectivity index (χ4v) is 3.95. The molecule has 2 heterocycles. The van der Waals surface area contributed by atoms with Crippen LogP contribution in [0.2, 0.25) is 0 Å². The standard InChI is InChI=1S/C19H25N5O2/c1-24-11-14(9-21-24)17(13-7-15(25)8-13)22-19(26)16-10-20-23-18(16)12-5-3-2-4-6-12/h2-6,9,11,13,15-18,20,23,25H,7-8,10H2,1H3,(H,22,26). The molecule has 0 spiro atoms. The van der Waals surface area contributed by atoms with Crippen LogP contribution in [0, 0.1) is 11.8 Å². The van der Waals surface area contributed by atoms with Gasteiger partial charge in [0.1, 0.15) is 0 Å². The van der Waals surface area contributed by atoms with E-state index in [0.717, 1.165) is 11.1 Å². The van der Waals surface area contributed by atoms with Crippen LogP contribution in [0.1, 0.15) is 36.1 Å². The van der Waals surface area contributed by atoms with E-state index in [-0.39, 0.29) is 35.9 Å². The third-order valence-electron chi connectivity index (χ3n) is 5.48. The lowest BCUT2D eigenvalue weighted by atomic mass is 9.75. The summed E-state index contributed by atoms with van der Waals surface area (Å²) in [5.74, 6) is 0.0730. The van der Waals surface area contributed by atoms with E-state index < -0.39 is 0 Å². The minimum Gasteiger partial charge on any atom is -0.393 e. The first-order chi connectivity index (χ1) is 12.6. The number of benzene rings is 1. The predicted octanol–water partition coefficient (Wildman–Crippen LogP) is 0.814. The highest BCUT2D eigenvalue weighted by molar-refractivity contribution is 5.80. The minimum atomic E-state index is -0.261. The molecule has 1 aliphatic heterocycles. The quantitative estimate of drug-likeness (QED) is 0.637. The Labute approximate surface area is 152 Å². The molecule has 1 amide bonds. The number of aliphatic hydroxyl groups excluding tert-OH is 1. The van der Waals surface area contributed by atoms with E-state index in [0.29, 0.717) is 19.4 Å². The zero-order chi connectivity index (χ0) is 18.1. The summed E-state index contributed by atoms with van der Waals surface area (Å²) in [5.41, 5.74) is 8.42. The number of carbonyl (C=O) groups is 1. The molecule has 1 saturated carbocycles. The van der Waals surface area contributed by atoms with Gasteiger partial charge in [0.25, 0.3) is 0 Å². The van der Waals surface area contributed by atoms with E-state index in [2.05, 4.69) is 21.3 Å². The van der Waals surface area contributed by atoms with Gasteiger partial charge in [-0.25, -0.2) is 5.43 Å². The van der Waals surface area contributed by atoms with Crippen LogP contribution >= 0.6 is 0 Å². The molecule has 1 aromatic heterocycles. The van der Waals surface area contributed by atoms with Crippen LogP contribution in [0.25, 0.3) is 0 Å². The number of nitrogens with zero attached hydrogens (tertiary/aromatic N) is 2. The third kappa shape index (κ3) is 3.38. The monoisotopic (exact) mass is 355 g/mol. The Balaban J connectivity index is 1.50. The SMILES string of the molecule is Cn1cc(C(NC(=O)C2CNNC2c2ccccc2)C2CC(O)C2)cn1. The van der Waals surface area contributed by atoms with E-state index >= 15 is 0 Å². The maximum atomic E-state index is 13.1. The van der Waals surface area contributed by atoms with Crippen molar-refractivity contribution < 1.29 is 9.90 Å². The second kappa shape index (κ2) is 7.19. The van der Waals surface area contributed by atoms with Crippen molar-refractivity contribution in [2.45, 2.75) is 31.0 Å². The summed E-state index contributed by atoms with van der Waals surface area (Å²) in [6.07, 6.45) is 4.90. The van der Waals surface area contributed by atoms with Crippen molar-refractivity contribution in [3.63, 3.8) is 0 Å². The normalized spacial score (nSPS) is 29.2. The second-order valence-corrected chi connectivity index (χ2v) is 7.34. The first kappa shape index (κ1) is 17.2. The summed E-state index contributed by atoms with van der Waals surface area (Å²) >= 11 is 0. The Kier molecular flexibility index (Phi) is 4.76. The molecule has 1 aliphatic carbocycles. The van der Waals surface area contributed by atoms with Gasteiger partial charge in [0.15, 0.2) is 0 Å². The van der Waals surface area contributed by atoms with Crippen molar-refractivity contribution in [2.24, 2.45) is 18.9 Å². The number of aromatic nitrogens is 2. The van der Waals surface area contributed by atoms with Crippen molar-refractivity contribution >= 4 is 5.91 Å². The average molecular weight is 355 g/mol. The van der Waals surface area contributed by atoms with Gasteiger partial charge in [-0.1, -0.05) is 30.3 Å². The molecule has 2 fully saturated rings. The van der Waals surface area contributed by atoms with Crippen LogP contribution < -0.4 is 16.2 Å². The Morgan fingerprint density at radius 2 is 2.12 bits per heavy atom. The Morgan fingerprint density at radius 3 is 2.77 bits per heavy atom. The van der Waals surface area contributed by atoms with Gasteiger partial charge in [0, 0.05) is 25.4 Å². The molecule has 3 unspecified atom stereocenters. The largest absolute Gasteiger partial charge is 0.393 e. The number of hydrogen-bond donors (Lipinski definition) is 4. The van der Waals surface area contributed by atoms with Gasteiger partial charge < -0.3 is 10.4 Å². The first-order valence-electron chi connectivity index (χ1n) is 9.12. The Morgan fingerprint density at radius 1 is 1.35 bits per heavy atom. The number of rotatable bonds is 5. The molecule has 0 bridgehead atoms. The van der Waals surface area contributed by atoms with Gasteiger partial charge in [0.05, 0.1) is 30.3 Å². The van der Waals surface area contributed by atoms with E-state index in [1.54, 1.807) is 10.9 Å². The van der Waals surface area contributed by atoms with Crippen LogP contribution in [0.15, 0.2) is 42.7 Å². The van der Waals surface area contributed by atoms with Gasteiger partial charge in [-0.2, -0.15) is 5.10 Å². The van der Waals surface area contributed by atoms with Crippen molar-refractivity contribution in [3.05, 3.63) is 53.9 Å². The van der Waals surface area contributed by atoms with E-state index in [1.807, 2.05) is 43.6 Å². The second-order valence-electron chi connectivity index (χ2n) is 7.34. The number of hydrazine groups is 1. The summed E-state index contributed by atoms with van der Waals surface area (Å²) in [5, 5.41) is 17.2. The molecule has 2 aromatic rings. The zero-order valence-corrected chi connectivity index (χ0v) is 14.8. The molecule has 138 valence electrons. The smallest absolute Gasteiger partial charge is 0.226 e. The maximum Gasteiger partial charge on any atom is 0.226 e. The number of aliphatic hydroxyl groups is 1. The van der Waals surface area contributed by atoms with Gasteiger partial charge in [-0.3, -0.25) is 14.9 Å². The molecule has 7 nitrogen and oxygen atoms in total. The number of hydrogen-bond acceptors (Lipinski definition) is 5. The molecule has 7 heteroatoms. The lowest BCUT2D eigenvalue weighted by molar-refractivity contribution is -0.127. The minimum absolute atomic E-state index is 0.0200. The van der Waals surface area contributed by atoms with Gasteiger partial charge in [0.2, 0.25) is 5.91 Å². The number of carbonyl (C=O) groups excluding carboxylic acids is 1. The highest BCUT2D eigenvalue weighted by Crippen LogP contribution is 2.38. The Hall–Kier alpha value is -2.22. The molecule has 26 heavy (non-hydrogen) atoms. The van der Waals surface area contributed by atoms with Crippen molar-refractivity contribution in [3.8, 4) is 0 Å². The lowest BCUT2D eigenvalue weighted by Crippen LogP contribution is -2.44. The molecule has 3 atom stereocenters. The lowest BCUT2D eigenvalue weighted by Gasteiger charge is -2.38. The molecular formula is C19H25N5O2. The van der Waals surface area contributed by atoms with Crippen LogP contribution in [-0.4, -0.2) is 33.4 Å². The molecule has 4 rings (SSSR count). The molecule has 1 aromatic carbocycles. The predicted molar refractivity (Wildman–Crippen MR) is 96.6 cm³/mol. The van der Waals surface area contributed by atoms with Gasteiger partial charge >= 0.3 is 0 Å². The number of aryl methyl sites for hydroxylation is 1. The summed E-state index contributed by atoms with van der Waals surface area (Å²) in [6, 6.07) is 9.84. The summed E-state index contributed by atoms with van der Waals surface area (Å²) in [7, 11) is 1.87. The first-order valence-corrected chi connectivity index (χ1v) is 9.12. The molecular weight excluding hydrogens is 330 g/mol. The fourth-order valence-electron chi connectivity index (χ4n) is 3.95. The summed E-state index contributed by atoms with van der Waals surface area (Å²) in [4.78, 5) is 13.1. The van der Waals surface area contributed by atoms with E-state index in [4.69, 9.17) is 0 Å². The van der Waals surface area contributed by atoms with Gasteiger partial charge in [-0.05, 0) is 24.3 Å². The Bertz CT molecular complexity index is 756. The number of amides is 1. The van der Waals surface area contributed by atoms with Crippen LogP contribution in [0.5, 0.6) is 0 Å². The van der Waals surface area contributed by atoms with E-state index in [9.17, 15) is 9.90 Å². The zero-order valence-electron chi connectivity index (χ0n) is 14.8. The topological polar surface area (TPSA) is 91.2 Å². The highest BCUT2D eigenvalue weighted by Gasteiger charge is 2.39. The summed E-state index contributed by atoms with van der Waals surface area (Å²) < 4.78 is 1.75. The summed E-state index contributed by atoms with van der Waals surface area (Å²) in [6.45, 7) is 0.582. The van der Waals surface area contributed by atoms with Crippen LogP contribution in [-0.2, 0) is 11.8 Å². The molecule has 2 aliphatic rings. The third-order valence-corrected chi connectivity index (χ3v) is 5.48. The molecule has 1 saturated heterocycles. The van der Waals surface area contributed by atoms with E-state index in [1.165, 1.54) is 0 Å². The highest BCUT2D eigenvalue weighted by atomic mass is 16.3. The van der Waals surface area contributed by atoms with Crippen molar-refractivity contribution in [1.82, 2.24) is 25.9 Å². The van der Waals surface area contributed by atoms with Crippen molar-refractivity contribution in [2.75, 3.05) is 6.54 Å². The average Bonchev–Trinajstić information content (AvgIpc) is 3.27. The van der Waals surface area contributed by atoms with Crippen LogP contribution in [0.4, 0.5) is 0 Å². The van der Waals surface area contributed by atoms with Crippen molar-refractivity contribution in [1.29, 1.82) is 0 Å². The number of nitrogens with one attached hydrogen (secondary N) is 3.